The predicted molar refractivity (Wildman–Crippen MR) is 169 cm³/mol. The number of carbonyl (C=O) groups excluding carboxylic acids is 4. The highest BCUT2D eigenvalue weighted by atomic mass is 32.2. The zero-order valence-corrected chi connectivity index (χ0v) is 26.6. The maximum absolute atomic E-state index is 13.0. The molecule has 1 atom stereocenters. The number of carbonyl (C=O) groups is 4. The molecule has 0 fully saturated rings. The maximum Gasteiger partial charge on any atom is 0.310 e. The smallest absolute Gasteiger partial charge is 0.310 e. The van der Waals surface area contributed by atoms with Crippen molar-refractivity contribution in [1.29, 1.82) is 0 Å². The number of fused-ring (bicyclic) bond motifs is 3. The molecule has 0 saturated carbocycles. The molecule has 9 heteroatoms. The van der Waals surface area contributed by atoms with Gasteiger partial charge in [0.05, 0.1) is 19.4 Å². The number of hydrogen-bond acceptors (Lipinski definition) is 8. The molecule has 0 radical (unpaired) electrons. The summed E-state index contributed by atoms with van der Waals surface area (Å²) in [5.74, 6) is -0.449. The average Bonchev–Trinajstić information content (AvgIpc) is 3.29. The number of unbranched alkanes of at least 4 members (excludes halogenated alkanes) is 2. The van der Waals surface area contributed by atoms with Crippen LogP contribution in [-0.4, -0.2) is 61.2 Å². The van der Waals surface area contributed by atoms with Crippen LogP contribution >= 0.6 is 11.8 Å². The van der Waals surface area contributed by atoms with Gasteiger partial charge >= 0.3 is 17.9 Å². The van der Waals surface area contributed by atoms with E-state index in [2.05, 4.69) is 34.3 Å². The van der Waals surface area contributed by atoms with Crippen molar-refractivity contribution in [2.24, 2.45) is 5.92 Å². The Morgan fingerprint density at radius 2 is 1.51 bits per heavy atom. The number of esters is 3. The minimum Gasteiger partial charge on any atom is -0.469 e. The lowest BCUT2D eigenvalue weighted by molar-refractivity contribution is -0.164. The second-order valence-corrected chi connectivity index (χ2v) is 13.0. The lowest BCUT2D eigenvalue weighted by Gasteiger charge is -2.24. The van der Waals surface area contributed by atoms with Crippen LogP contribution in [0, 0.1) is 5.92 Å². The van der Waals surface area contributed by atoms with Gasteiger partial charge in [-0.25, -0.2) is 0 Å². The first-order valence-corrected chi connectivity index (χ1v) is 16.2. The zero-order valence-electron chi connectivity index (χ0n) is 25.8. The van der Waals surface area contributed by atoms with E-state index in [-0.39, 0.29) is 43.7 Å². The fraction of sp³-hybridized carbons (Fsp3) is 0.529. The van der Waals surface area contributed by atoms with Gasteiger partial charge in [-0.15, -0.1) is 0 Å². The summed E-state index contributed by atoms with van der Waals surface area (Å²) in [6.07, 6.45) is 3.38. The average molecular weight is 612 g/mol. The summed E-state index contributed by atoms with van der Waals surface area (Å²) in [4.78, 5) is 49.6. The van der Waals surface area contributed by atoms with Crippen molar-refractivity contribution in [2.75, 3.05) is 31.8 Å². The lowest BCUT2D eigenvalue weighted by atomic mass is 9.97. The highest BCUT2D eigenvalue weighted by molar-refractivity contribution is 7.99. The molecule has 234 valence electrons. The largest absolute Gasteiger partial charge is 0.469 e. The van der Waals surface area contributed by atoms with Crippen LogP contribution < -0.4 is 5.32 Å². The summed E-state index contributed by atoms with van der Waals surface area (Å²) in [6, 6.07) is 16.2. The summed E-state index contributed by atoms with van der Waals surface area (Å²) in [6.45, 7) is 6.03. The van der Waals surface area contributed by atoms with Gasteiger partial charge in [0.2, 0.25) is 5.91 Å². The van der Waals surface area contributed by atoms with Crippen molar-refractivity contribution in [3.63, 3.8) is 0 Å². The van der Waals surface area contributed by atoms with Crippen LogP contribution in [0.25, 0.3) is 11.1 Å². The number of rotatable bonds is 17. The number of ether oxygens (including phenoxy) is 3. The number of nitrogens with one attached hydrogen (secondary N) is 1. The van der Waals surface area contributed by atoms with Gasteiger partial charge in [-0.05, 0) is 68.0 Å². The molecule has 1 N–H and O–H groups in total. The van der Waals surface area contributed by atoms with Gasteiger partial charge < -0.3 is 19.5 Å². The molecule has 8 nitrogen and oxygen atoms in total. The Kier molecular flexibility index (Phi) is 13.6. The highest BCUT2D eigenvalue weighted by Gasteiger charge is 2.31. The third-order valence-electron chi connectivity index (χ3n) is 7.21. The predicted octanol–water partition coefficient (Wildman–Crippen LogP) is 6.05. The number of methoxy groups -OCH3 is 1. The van der Waals surface area contributed by atoms with E-state index in [0.29, 0.717) is 13.0 Å². The molecule has 1 aliphatic carbocycles. The summed E-state index contributed by atoms with van der Waals surface area (Å²) in [5.41, 5.74) is 3.81. The van der Waals surface area contributed by atoms with E-state index in [1.54, 1.807) is 32.5 Å². The van der Waals surface area contributed by atoms with Gasteiger partial charge in [-0.1, -0.05) is 55.0 Å². The van der Waals surface area contributed by atoms with Crippen molar-refractivity contribution in [1.82, 2.24) is 5.32 Å². The molecule has 1 aliphatic rings. The Hall–Kier alpha value is -3.33. The van der Waals surface area contributed by atoms with E-state index in [9.17, 15) is 19.2 Å². The molecule has 0 heterocycles. The van der Waals surface area contributed by atoms with Crippen LogP contribution in [0.5, 0.6) is 0 Å². The first kappa shape index (κ1) is 34.2. The molecule has 3 rings (SSSR count). The first-order valence-electron chi connectivity index (χ1n) is 15.1. The molecule has 43 heavy (non-hydrogen) atoms. The van der Waals surface area contributed by atoms with Gasteiger partial charge in [-0.2, -0.15) is 11.8 Å². The number of hydrogen-bond donors (Lipinski definition) is 1. The quantitative estimate of drug-likeness (QED) is 0.131. The summed E-state index contributed by atoms with van der Waals surface area (Å²) < 4.78 is 15.9. The van der Waals surface area contributed by atoms with Crippen molar-refractivity contribution < 1.29 is 33.4 Å². The molecule has 0 bridgehead atoms. The Morgan fingerprint density at radius 1 is 0.860 bits per heavy atom. The van der Waals surface area contributed by atoms with Crippen LogP contribution in [-0.2, 0) is 33.4 Å². The second kappa shape index (κ2) is 17.1. The van der Waals surface area contributed by atoms with Crippen molar-refractivity contribution in [2.45, 2.75) is 77.2 Å². The third kappa shape index (κ3) is 11.4. The lowest BCUT2D eigenvalue weighted by Crippen LogP contribution is -2.32. The minimum atomic E-state index is -0.778. The summed E-state index contributed by atoms with van der Waals surface area (Å²) in [7, 11) is 1.40. The molecule has 0 aliphatic heterocycles. The number of thioether (sulfide) groups is 1. The zero-order chi connectivity index (χ0) is 31.2. The van der Waals surface area contributed by atoms with Crippen molar-refractivity contribution >= 4 is 35.6 Å². The Balaban J connectivity index is 1.44. The molecule has 0 aromatic heterocycles. The second-order valence-electron chi connectivity index (χ2n) is 11.7. The van der Waals surface area contributed by atoms with E-state index in [1.165, 1.54) is 7.11 Å². The molecule has 1 unspecified atom stereocenters. The monoisotopic (exact) mass is 611 g/mol. The Labute approximate surface area is 259 Å². The van der Waals surface area contributed by atoms with Crippen molar-refractivity contribution in [3.05, 3.63) is 59.7 Å². The van der Waals surface area contributed by atoms with E-state index >= 15 is 0 Å². The van der Waals surface area contributed by atoms with Gasteiger partial charge in [0.1, 0.15) is 12.2 Å². The molecule has 2 aromatic carbocycles. The highest BCUT2D eigenvalue weighted by Crippen LogP contribution is 2.44. The molecule has 0 spiro atoms. The normalized spacial score (nSPS) is 13.0. The summed E-state index contributed by atoms with van der Waals surface area (Å²) in [5, 5.41) is 2.89. The SMILES string of the molecule is COC(=O)CCCCCSCCNC(=O)CCC(CC(=O)OCC1c2ccccc2-c2ccccc21)C(=O)OC(C)(C)C. The Morgan fingerprint density at radius 3 is 2.14 bits per heavy atom. The first-order chi connectivity index (χ1) is 20.6. The molecule has 0 saturated heterocycles. The molecule has 1 amide bonds. The molecular weight excluding hydrogens is 566 g/mol. The third-order valence-corrected chi connectivity index (χ3v) is 8.28. The van der Waals surface area contributed by atoms with Crippen LogP contribution in [0.15, 0.2) is 48.5 Å². The number of amides is 1. The van der Waals surface area contributed by atoms with Crippen LogP contribution in [0.4, 0.5) is 0 Å². The van der Waals surface area contributed by atoms with Gasteiger partial charge in [-0.3, -0.25) is 19.2 Å². The number of benzene rings is 2. The molecular formula is C34H45NO7S. The summed E-state index contributed by atoms with van der Waals surface area (Å²) >= 11 is 1.75. The van der Waals surface area contributed by atoms with Crippen LogP contribution in [0.2, 0.25) is 0 Å². The van der Waals surface area contributed by atoms with Gasteiger partial charge in [0.15, 0.2) is 0 Å². The standard InChI is InChI=1S/C34H45NO7S/c1-34(2,3)42-33(39)24(17-18-30(36)35-19-21-43-20-11-5-6-16-31(37)40-4)22-32(38)41-23-29-27-14-9-7-12-25(27)26-13-8-10-15-28(26)29/h7-10,12-15,24,29H,5-6,11,16-23H2,1-4H3,(H,35,36). The van der Waals surface area contributed by atoms with Crippen molar-refractivity contribution in [3.8, 4) is 11.1 Å². The fourth-order valence-electron chi connectivity index (χ4n) is 5.07. The van der Waals surface area contributed by atoms with Crippen LogP contribution in [0.1, 0.15) is 82.8 Å². The minimum absolute atomic E-state index is 0.0696. The van der Waals surface area contributed by atoms with E-state index in [4.69, 9.17) is 9.47 Å². The van der Waals surface area contributed by atoms with E-state index in [0.717, 1.165) is 53.0 Å². The molecule has 2 aromatic rings. The van der Waals surface area contributed by atoms with Crippen LogP contribution in [0.3, 0.4) is 0 Å². The van der Waals surface area contributed by atoms with E-state index < -0.39 is 23.5 Å². The van der Waals surface area contributed by atoms with E-state index in [1.807, 2.05) is 24.3 Å². The fourth-order valence-corrected chi connectivity index (χ4v) is 5.93. The maximum atomic E-state index is 13.0. The topological polar surface area (TPSA) is 108 Å². The van der Waals surface area contributed by atoms with Gasteiger partial charge in [0, 0.05) is 31.1 Å². The van der Waals surface area contributed by atoms with Gasteiger partial charge in [0.25, 0.3) is 0 Å². The Bertz CT molecular complexity index is 1190.